The molecule has 0 aliphatic rings. The molecular formula is C17H18F3N3O. The van der Waals surface area contributed by atoms with Crippen molar-refractivity contribution in [3.8, 4) is 0 Å². The molecule has 0 spiro atoms. The highest BCUT2D eigenvalue weighted by atomic mass is 19.4. The number of nitrogens with one attached hydrogen (secondary N) is 1. The summed E-state index contributed by atoms with van der Waals surface area (Å²) in [6.07, 6.45) is -3.78. The molecule has 0 bridgehead atoms. The number of aryl methyl sites for hydroxylation is 1. The number of carbonyl (C=O) groups excluding carboxylic acids is 1. The van der Waals surface area contributed by atoms with E-state index in [0.29, 0.717) is 5.69 Å². The first-order chi connectivity index (χ1) is 11.0. The van der Waals surface area contributed by atoms with Gasteiger partial charge in [-0.15, -0.1) is 0 Å². The summed E-state index contributed by atoms with van der Waals surface area (Å²) >= 11 is 0. The van der Waals surface area contributed by atoms with E-state index in [9.17, 15) is 18.0 Å². The van der Waals surface area contributed by atoms with Crippen molar-refractivity contribution in [3.63, 3.8) is 0 Å². The zero-order chi connectivity index (χ0) is 18.1. The van der Waals surface area contributed by atoms with Crippen LogP contribution in [0, 0.1) is 6.92 Å². The molecule has 1 aromatic heterocycles. The molecule has 2 aromatic rings. The molecule has 0 aliphatic heterocycles. The zero-order valence-corrected chi connectivity index (χ0v) is 13.8. The number of benzene rings is 1. The number of aromatic nitrogens is 2. The van der Waals surface area contributed by atoms with E-state index in [1.165, 1.54) is 0 Å². The lowest BCUT2D eigenvalue weighted by atomic mass is 9.84. The largest absolute Gasteiger partial charge is 0.451 e. The van der Waals surface area contributed by atoms with Crippen molar-refractivity contribution < 1.29 is 18.0 Å². The van der Waals surface area contributed by atoms with Gasteiger partial charge in [0.25, 0.3) is 5.91 Å². The summed E-state index contributed by atoms with van der Waals surface area (Å²) in [5.74, 6) is -2.05. The molecule has 0 radical (unpaired) electrons. The van der Waals surface area contributed by atoms with E-state index >= 15 is 0 Å². The summed E-state index contributed by atoms with van der Waals surface area (Å²) in [7, 11) is 0. The summed E-state index contributed by atoms with van der Waals surface area (Å²) in [4.78, 5) is 18.6. The molecule has 7 heteroatoms. The Balaban J connectivity index is 2.28. The van der Waals surface area contributed by atoms with Gasteiger partial charge in [-0.1, -0.05) is 26.8 Å². The molecule has 0 saturated carbocycles. The van der Waals surface area contributed by atoms with Gasteiger partial charge in [-0.05, 0) is 41.7 Å². The average Bonchev–Trinajstić information content (AvgIpc) is 2.47. The van der Waals surface area contributed by atoms with Crippen molar-refractivity contribution in [1.82, 2.24) is 9.97 Å². The number of anilines is 1. The monoisotopic (exact) mass is 337 g/mol. The van der Waals surface area contributed by atoms with Crippen molar-refractivity contribution in [3.05, 3.63) is 53.1 Å². The van der Waals surface area contributed by atoms with Gasteiger partial charge in [0.1, 0.15) is 5.69 Å². The molecule has 128 valence electrons. The predicted molar refractivity (Wildman–Crippen MR) is 84.9 cm³/mol. The van der Waals surface area contributed by atoms with Gasteiger partial charge in [0.2, 0.25) is 5.82 Å². The van der Waals surface area contributed by atoms with Crippen LogP contribution in [0.3, 0.4) is 0 Å². The number of halogens is 3. The van der Waals surface area contributed by atoms with E-state index in [0.717, 1.165) is 23.4 Å². The smallest absolute Gasteiger partial charge is 0.321 e. The zero-order valence-electron chi connectivity index (χ0n) is 13.8. The van der Waals surface area contributed by atoms with Gasteiger partial charge in [0.15, 0.2) is 0 Å². The maximum absolute atomic E-state index is 12.6. The molecular weight excluding hydrogens is 319 g/mol. The van der Waals surface area contributed by atoms with E-state index in [1.54, 1.807) is 6.07 Å². The molecule has 0 fully saturated rings. The van der Waals surface area contributed by atoms with Crippen LogP contribution in [-0.4, -0.2) is 15.9 Å². The van der Waals surface area contributed by atoms with Crippen LogP contribution in [0.5, 0.6) is 0 Å². The molecule has 0 aliphatic carbocycles. The standard InChI is InChI=1S/C17H18F3N3O/c1-10-5-6-11(9-12(10)16(2,3)4)22-14(24)13-7-8-21-15(23-13)17(18,19)20/h5-9H,1-4H3,(H,22,24). The Hall–Kier alpha value is -2.44. The van der Waals surface area contributed by atoms with Crippen LogP contribution in [-0.2, 0) is 11.6 Å². The summed E-state index contributed by atoms with van der Waals surface area (Å²) in [6.45, 7) is 8.09. The average molecular weight is 337 g/mol. The van der Waals surface area contributed by atoms with Crippen LogP contribution < -0.4 is 5.32 Å². The summed E-state index contributed by atoms with van der Waals surface area (Å²) in [6, 6.07) is 6.52. The van der Waals surface area contributed by atoms with Crippen LogP contribution >= 0.6 is 0 Å². The second-order valence-corrected chi connectivity index (χ2v) is 6.50. The van der Waals surface area contributed by atoms with Gasteiger partial charge in [0, 0.05) is 11.9 Å². The number of amides is 1. The maximum Gasteiger partial charge on any atom is 0.451 e. The number of nitrogens with zero attached hydrogens (tertiary/aromatic N) is 2. The van der Waals surface area contributed by atoms with Crippen molar-refractivity contribution >= 4 is 11.6 Å². The lowest BCUT2D eigenvalue weighted by Gasteiger charge is -2.22. The van der Waals surface area contributed by atoms with Gasteiger partial charge < -0.3 is 5.32 Å². The fourth-order valence-corrected chi connectivity index (χ4v) is 2.32. The Morgan fingerprint density at radius 3 is 2.38 bits per heavy atom. The third-order valence-corrected chi connectivity index (χ3v) is 3.45. The second kappa shape index (κ2) is 6.22. The normalized spacial score (nSPS) is 12.1. The Morgan fingerprint density at radius 2 is 1.79 bits per heavy atom. The molecule has 2 rings (SSSR count). The molecule has 4 nitrogen and oxygen atoms in total. The third-order valence-electron chi connectivity index (χ3n) is 3.45. The van der Waals surface area contributed by atoms with Crippen LogP contribution in [0.25, 0.3) is 0 Å². The van der Waals surface area contributed by atoms with Gasteiger partial charge in [0.05, 0.1) is 0 Å². The molecule has 0 unspecified atom stereocenters. The van der Waals surface area contributed by atoms with Gasteiger partial charge in [-0.2, -0.15) is 13.2 Å². The minimum absolute atomic E-state index is 0.122. The molecule has 1 heterocycles. The van der Waals surface area contributed by atoms with E-state index < -0.39 is 17.9 Å². The Kier molecular flexibility index (Phi) is 4.64. The fraction of sp³-hybridized carbons (Fsp3) is 0.353. The summed E-state index contributed by atoms with van der Waals surface area (Å²) in [5, 5.41) is 2.58. The molecule has 1 N–H and O–H groups in total. The molecule has 24 heavy (non-hydrogen) atoms. The van der Waals surface area contributed by atoms with E-state index in [1.807, 2.05) is 39.8 Å². The van der Waals surface area contributed by atoms with Gasteiger partial charge in [-0.3, -0.25) is 4.79 Å². The maximum atomic E-state index is 12.6. The minimum atomic E-state index is -4.69. The Morgan fingerprint density at radius 1 is 1.12 bits per heavy atom. The van der Waals surface area contributed by atoms with Crippen LogP contribution in [0.4, 0.5) is 18.9 Å². The first-order valence-electron chi connectivity index (χ1n) is 7.31. The van der Waals surface area contributed by atoms with Crippen molar-refractivity contribution in [2.75, 3.05) is 5.32 Å². The highest BCUT2D eigenvalue weighted by Crippen LogP contribution is 2.28. The quantitative estimate of drug-likeness (QED) is 0.886. The second-order valence-electron chi connectivity index (χ2n) is 6.50. The number of hydrogen-bond donors (Lipinski definition) is 1. The Bertz CT molecular complexity index is 764. The highest BCUT2D eigenvalue weighted by Gasteiger charge is 2.35. The number of alkyl halides is 3. The van der Waals surface area contributed by atoms with Crippen molar-refractivity contribution in [1.29, 1.82) is 0 Å². The highest BCUT2D eigenvalue weighted by molar-refractivity contribution is 6.02. The van der Waals surface area contributed by atoms with E-state index in [-0.39, 0.29) is 11.1 Å². The van der Waals surface area contributed by atoms with Gasteiger partial charge >= 0.3 is 6.18 Å². The van der Waals surface area contributed by atoms with E-state index in [4.69, 9.17) is 0 Å². The fourth-order valence-electron chi connectivity index (χ4n) is 2.32. The Labute approximate surface area is 138 Å². The number of carbonyl (C=O) groups is 1. The number of rotatable bonds is 2. The van der Waals surface area contributed by atoms with Crippen LogP contribution in [0.1, 0.15) is 48.2 Å². The lowest BCUT2D eigenvalue weighted by Crippen LogP contribution is -2.19. The topological polar surface area (TPSA) is 54.9 Å². The SMILES string of the molecule is Cc1ccc(NC(=O)c2ccnc(C(F)(F)F)n2)cc1C(C)(C)C. The lowest BCUT2D eigenvalue weighted by molar-refractivity contribution is -0.145. The molecule has 1 amide bonds. The van der Waals surface area contributed by atoms with Crippen molar-refractivity contribution in [2.24, 2.45) is 0 Å². The van der Waals surface area contributed by atoms with Crippen LogP contribution in [0.2, 0.25) is 0 Å². The first kappa shape index (κ1) is 17.9. The minimum Gasteiger partial charge on any atom is -0.321 e. The van der Waals surface area contributed by atoms with E-state index in [2.05, 4.69) is 15.3 Å². The van der Waals surface area contributed by atoms with Crippen LogP contribution in [0.15, 0.2) is 30.5 Å². The predicted octanol–water partition coefficient (Wildman–Crippen LogP) is 4.35. The molecule has 0 saturated heterocycles. The molecule has 0 atom stereocenters. The summed E-state index contributed by atoms with van der Waals surface area (Å²) in [5.41, 5.74) is 2.15. The number of hydrogen-bond acceptors (Lipinski definition) is 3. The third kappa shape index (κ3) is 4.10. The summed E-state index contributed by atoms with van der Waals surface area (Å²) < 4.78 is 37.9. The molecule has 1 aromatic carbocycles. The first-order valence-corrected chi connectivity index (χ1v) is 7.31. The van der Waals surface area contributed by atoms with Gasteiger partial charge in [-0.25, -0.2) is 9.97 Å². The van der Waals surface area contributed by atoms with Crippen molar-refractivity contribution in [2.45, 2.75) is 39.3 Å².